The predicted molar refractivity (Wildman–Crippen MR) is 109 cm³/mol. The lowest BCUT2D eigenvalue weighted by Gasteiger charge is -2.21. The Kier molecular flexibility index (Phi) is 7.70. The molecule has 0 saturated carbocycles. The summed E-state index contributed by atoms with van der Waals surface area (Å²) in [6, 6.07) is 10.4. The summed E-state index contributed by atoms with van der Waals surface area (Å²) in [7, 11) is 6.30. The second-order valence-corrected chi connectivity index (χ2v) is 6.24. The van der Waals surface area contributed by atoms with Crippen LogP contribution in [0.3, 0.4) is 0 Å². The van der Waals surface area contributed by atoms with Gasteiger partial charge in [0, 0.05) is 31.8 Å². The number of anilines is 1. The number of hydrogen-bond donors (Lipinski definition) is 1. The maximum absolute atomic E-state index is 12.5. The summed E-state index contributed by atoms with van der Waals surface area (Å²) in [5, 5.41) is 2.67. The van der Waals surface area contributed by atoms with Crippen molar-refractivity contribution in [1.82, 2.24) is 4.90 Å². The van der Waals surface area contributed by atoms with E-state index in [1.165, 1.54) is 26.0 Å². The number of rotatable bonds is 9. The number of methoxy groups -OCH3 is 3. The molecule has 0 aliphatic heterocycles. The maximum atomic E-state index is 12.5. The number of amides is 2. The number of ether oxygens (including phenoxy) is 4. The number of carbonyl (C=O) groups is 2. The van der Waals surface area contributed by atoms with E-state index in [1.807, 2.05) is 6.07 Å². The Labute approximate surface area is 170 Å². The van der Waals surface area contributed by atoms with Crippen molar-refractivity contribution in [3.8, 4) is 23.0 Å². The molecule has 0 unspecified atom stereocenters. The van der Waals surface area contributed by atoms with E-state index in [-0.39, 0.29) is 18.4 Å². The summed E-state index contributed by atoms with van der Waals surface area (Å²) in [5.74, 6) is 1.72. The summed E-state index contributed by atoms with van der Waals surface area (Å²) >= 11 is 0. The molecule has 2 aromatic carbocycles. The quantitative estimate of drug-likeness (QED) is 0.694. The second-order valence-electron chi connectivity index (χ2n) is 6.24. The van der Waals surface area contributed by atoms with Gasteiger partial charge < -0.3 is 29.2 Å². The molecule has 8 nitrogen and oxygen atoms in total. The lowest BCUT2D eigenvalue weighted by Crippen LogP contribution is -2.31. The van der Waals surface area contributed by atoms with Gasteiger partial charge in [0.1, 0.15) is 5.75 Å². The minimum atomic E-state index is -0.201. The van der Waals surface area contributed by atoms with Gasteiger partial charge >= 0.3 is 0 Å². The van der Waals surface area contributed by atoms with Gasteiger partial charge in [0.05, 0.1) is 21.3 Å². The first kappa shape index (κ1) is 21.9. The SMILES string of the molecule is COc1ccc(CN(C)C(=O)COc2ccc(NC(C)=O)cc2)c(OC)c1OC. The number of nitrogens with zero attached hydrogens (tertiary/aromatic N) is 1. The molecule has 0 saturated heterocycles. The lowest BCUT2D eigenvalue weighted by atomic mass is 10.1. The van der Waals surface area contributed by atoms with Crippen molar-refractivity contribution in [1.29, 1.82) is 0 Å². The number of likely N-dealkylation sites (N-methyl/N-ethyl adjacent to an activating group) is 1. The van der Waals surface area contributed by atoms with E-state index in [1.54, 1.807) is 44.5 Å². The van der Waals surface area contributed by atoms with Crippen LogP contribution in [0.15, 0.2) is 36.4 Å². The van der Waals surface area contributed by atoms with Crippen molar-refractivity contribution in [3.63, 3.8) is 0 Å². The fraction of sp³-hybridized carbons (Fsp3) is 0.333. The average Bonchev–Trinajstić information content (AvgIpc) is 2.71. The van der Waals surface area contributed by atoms with Crippen LogP contribution in [-0.4, -0.2) is 51.7 Å². The van der Waals surface area contributed by atoms with E-state index in [9.17, 15) is 9.59 Å². The van der Waals surface area contributed by atoms with Gasteiger partial charge in [0.15, 0.2) is 18.1 Å². The van der Waals surface area contributed by atoms with E-state index in [2.05, 4.69) is 5.32 Å². The summed E-state index contributed by atoms with van der Waals surface area (Å²) in [6.07, 6.45) is 0. The zero-order chi connectivity index (χ0) is 21.4. The zero-order valence-corrected chi connectivity index (χ0v) is 17.3. The van der Waals surface area contributed by atoms with Crippen LogP contribution in [0.2, 0.25) is 0 Å². The van der Waals surface area contributed by atoms with Crippen LogP contribution in [0.4, 0.5) is 5.69 Å². The molecule has 8 heteroatoms. The molecule has 0 fully saturated rings. The van der Waals surface area contributed by atoms with Gasteiger partial charge in [-0.05, 0) is 36.4 Å². The molecule has 1 N–H and O–H groups in total. The van der Waals surface area contributed by atoms with Crippen LogP contribution in [-0.2, 0) is 16.1 Å². The number of carbonyl (C=O) groups excluding carboxylic acids is 2. The summed E-state index contributed by atoms with van der Waals surface area (Å²) in [4.78, 5) is 25.0. The summed E-state index contributed by atoms with van der Waals surface area (Å²) in [5.41, 5.74) is 1.44. The van der Waals surface area contributed by atoms with Crippen LogP contribution < -0.4 is 24.3 Å². The Hall–Kier alpha value is -3.42. The molecule has 2 amide bonds. The summed E-state index contributed by atoms with van der Waals surface area (Å²) < 4.78 is 21.6. The first-order chi connectivity index (χ1) is 13.9. The predicted octanol–water partition coefficient (Wildman–Crippen LogP) is 2.71. The highest BCUT2D eigenvalue weighted by atomic mass is 16.5. The highest BCUT2D eigenvalue weighted by molar-refractivity contribution is 5.88. The van der Waals surface area contributed by atoms with Gasteiger partial charge in [0.25, 0.3) is 5.91 Å². The fourth-order valence-electron chi connectivity index (χ4n) is 2.72. The number of nitrogens with one attached hydrogen (secondary N) is 1. The fourth-order valence-corrected chi connectivity index (χ4v) is 2.72. The minimum Gasteiger partial charge on any atom is -0.493 e. The molecule has 0 aromatic heterocycles. The molecule has 0 aliphatic rings. The molecular weight excluding hydrogens is 376 g/mol. The van der Waals surface area contributed by atoms with Crippen molar-refractivity contribution in [2.45, 2.75) is 13.5 Å². The van der Waals surface area contributed by atoms with Crippen molar-refractivity contribution < 1.29 is 28.5 Å². The smallest absolute Gasteiger partial charge is 0.260 e. The molecule has 156 valence electrons. The molecule has 0 atom stereocenters. The molecule has 0 spiro atoms. The van der Waals surface area contributed by atoms with Crippen LogP contribution in [0.25, 0.3) is 0 Å². The van der Waals surface area contributed by atoms with Crippen molar-refractivity contribution >= 4 is 17.5 Å². The molecule has 0 bridgehead atoms. The van der Waals surface area contributed by atoms with Crippen LogP contribution in [0.1, 0.15) is 12.5 Å². The monoisotopic (exact) mass is 402 g/mol. The highest BCUT2D eigenvalue weighted by Gasteiger charge is 2.19. The van der Waals surface area contributed by atoms with Crippen LogP contribution in [0.5, 0.6) is 23.0 Å². The first-order valence-corrected chi connectivity index (χ1v) is 8.91. The third-order valence-electron chi connectivity index (χ3n) is 4.16. The van der Waals surface area contributed by atoms with Crippen LogP contribution in [0, 0.1) is 0 Å². The summed E-state index contributed by atoms with van der Waals surface area (Å²) in [6.45, 7) is 1.63. The van der Waals surface area contributed by atoms with E-state index >= 15 is 0 Å². The molecule has 0 heterocycles. The van der Waals surface area contributed by atoms with Crippen molar-refractivity contribution in [2.75, 3.05) is 40.3 Å². The van der Waals surface area contributed by atoms with Crippen LogP contribution >= 0.6 is 0 Å². The standard InChI is InChI=1S/C21H26N2O6/c1-14(24)22-16-7-9-17(10-8-16)29-13-19(25)23(2)12-15-6-11-18(26-3)21(28-5)20(15)27-4/h6-11H,12-13H2,1-5H3,(H,22,24). The van der Waals surface area contributed by atoms with Gasteiger partial charge in [0.2, 0.25) is 11.7 Å². The van der Waals surface area contributed by atoms with Gasteiger partial charge in [-0.15, -0.1) is 0 Å². The number of hydrogen-bond acceptors (Lipinski definition) is 6. The zero-order valence-electron chi connectivity index (χ0n) is 17.3. The molecule has 2 aromatic rings. The third kappa shape index (κ3) is 5.78. The van der Waals surface area contributed by atoms with Gasteiger partial charge in [-0.1, -0.05) is 0 Å². The van der Waals surface area contributed by atoms with Gasteiger partial charge in [-0.25, -0.2) is 0 Å². The van der Waals surface area contributed by atoms with Crippen molar-refractivity contribution in [2.24, 2.45) is 0 Å². The molecule has 0 radical (unpaired) electrons. The Morgan fingerprint density at radius 3 is 2.14 bits per heavy atom. The largest absolute Gasteiger partial charge is 0.493 e. The lowest BCUT2D eigenvalue weighted by molar-refractivity contribution is -0.132. The maximum Gasteiger partial charge on any atom is 0.260 e. The third-order valence-corrected chi connectivity index (χ3v) is 4.16. The van der Waals surface area contributed by atoms with Gasteiger partial charge in [-0.3, -0.25) is 9.59 Å². The highest BCUT2D eigenvalue weighted by Crippen LogP contribution is 2.40. The second kappa shape index (κ2) is 10.2. The molecule has 0 aliphatic carbocycles. The molecule has 29 heavy (non-hydrogen) atoms. The van der Waals surface area contributed by atoms with Gasteiger partial charge in [-0.2, -0.15) is 0 Å². The topological polar surface area (TPSA) is 86.3 Å². The van der Waals surface area contributed by atoms with E-state index in [0.29, 0.717) is 35.2 Å². The molecular formula is C21H26N2O6. The first-order valence-electron chi connectivity index (χ1n) is 8.91. The minimum absolute atomic E-state index is 0.119. The Morgan fingerprint density at radius 2 is 1.59 bits per heavy atom. The average molecular weight is 402 g/mol. The van der Waals surface area contributed by atoms with E-state index < -0.39 is 0 Å². The Bertz CT molecular complexity index is 851. The Morgan fingerprint density at radius 1 is 0.931 bits per heavy atom. The number of benzene rings is 2. The normalized spacial score (nSPS) is 10.1. The Balaban J connectivity index is 1.99. The van der Waals surface area contributed by atoms with E-state index in [0.717, 1.165) is 5.56 Å². The van der Waals surface area contributed by atoms with E-state index in [4.69, 9.17) is 18.9 Å². The molecule has 2 rings (SSSR count). The van der Waals surface area contributed by atoms with Crippen molar-refractivity contribution in [3.05, 3.63) is 42.0 Å².